The molecule has 4 nitrogen and oxygen atoms in total. The third-order valence-electron chi connectivity index (χ3n) is 2.09. The largest absolute Gasteiger partial charge is 0.318 e. The molecule has 2 aromatic heterocycles. The van der Waals surface area contributed by atoms with Crippen molar-refractivity contribution >= 4 is 18.2 Å². The smallest absolute Gasteiger partial charge is 0.155 e. The molecule has 0 aromatic carbocycles. The zero-order valence-corrected chi connectivity index (χ0v) is 9.32. The normalized spacial score (nSPS) is 12.2. The van der Waals surface area contributed by atoms with E-state index in [0.29, 0.717) is 5.44 Å². The number of rotatable bonds is 1. The number of nitrogens with zero attached hydrogens (tertiary/aromatic N) is 3. The standard InChI is InChI=1S/C9H12N3OP/c1-7-4-5-10-8-6-9(11-12(7)8)14(2,3)13/h4-6H,1-3H3. The first-order chi connectivity index (χ1) is 6.48. The van der Waals surface area contributed by atoms with Gasteiger partial charge in [-0.05, 0) is 26.3 Å². The van der Waals surface area contributed by atoms with E-state index in [4.69, 9.17) is 0 Å². The van der Waals surface area contributed by atoms with Crippen LogP contribution in [0, 0.1) is 6.92 Å². The number of hydrogen-bond donors (Lipinski definition) is 0. The van der Waals surface area contributed by atoms with Crippen LogP contribution in [0.25, 0.3) is 5.65 Å². The van der Waals surface area contributed by atoms with Gasteiger partial charge < -0.3 is 4.57 Å². The summed E-state index contributed by atoms with van der Waals surface area (Å²) in [7, 11) is -2.28. The minimum absolute atomic E-state index is 0.638. The van der Waals surface area contributed by atoms with Crippen molar-refractivity contribution in [2.24, 2.45) is 0 Å². The third-order valence-corrected chi connectivity index (χ3v) is 3.41. The molecule has 14 heavy (non-hydrogen) atoms. The van der Waals surface area contributed by atoms with Gasteiger partial charge >= 0.3 is 0 Å². The lowest BCUT2D eigenvalue weighted by atomic mass is 10.4. The molecule has 0 aliphatic carbocycles. The van der Waals surface area contributed by atoms with Crippen LogP contribution in [0.4, 0.5) is 0 Å². The molecule has 0 spiro atoms. The molecular formula is C9H12N3OP. The zero-order chi connectivity index (χ0) is 10.3. The Morgan fingerprint density at radius 3 is 2.71 bits per heavy atom. The lowest BCUT2D eigenvalue weighted by Gasteiger charge is -1.99. The zero-order valence-electron chi connectivity index (χ0n) is 8.43. The first-order valence-electron chi connectivity index (χ1n) is 4.35. The van der Waals surface area contributed by atoms with Gasteiger partial charge in [0.15, 0.2) is 5.65 Å². The number of aromatic nitrogens is 3. The molecule has 0 aliphatic heterocycles. The first-order valence-corrected chi connectivity index (χ1v) is 6.95. The second-order valence-corrected chi connectivity index (χ2v) is 6.87. The van der Waals surface area contributed by atoms with Gasteiger partial charge in [-0.25, -0.2) is 9.50 Å². The van der Waals surface area contributed by atoms with Gasteiger partial charge in [0.25, 0.3) is 0 Å². The van der Waals surface area contributed by atoms with Gasteiger partial charge in [-0.1, -0.05) is 0 Å². The van der Waals surface area contributed by atoms with E-state index < -0.39 is 7.14 Å². The second-order valence-electron chi connectivity index (χ2n) is 3.71. The molecule has 0 bridgehead atoms. The maximum Gasteiger partial charge on any atom is 0.155 e. The SMILES string of the molecule is Cc1ccnc2cc(P(C)(C)=O)nn12. The summed E-state index contributed by atoms with van der Waals surface area (Å²) in [5, 5.41) is 4.27. The number of aryl methyl sites for hydroxylation is 1. The van der Waals surface area contributed by atoms with Crippen LogP contribution in [0.1, 0.15) is 5.69 Å². The Bertz CT molecular complexity index is 526. The van der Waals surface area contributed by atoms with Crippen molar-refractivity contribution in [1.82, 2.24) is 14.6 Å². The van der Waals surface area contributed by atoms with Crippen LogP contribution < -0.4 is 5.44 Å². The van der Waals surface area contributed by atoms with E-state index in [2.05, 4.69) is 10.1 Å². The summed E-state index contributed by atoms with van der Waals surface area (Å²) in [5.41, 5.74) is 2.39. The van der Waals surface area contributed by atoms with E-state index in [1.54, 1.807) is 30.1 Å². The molecule has 0 N–H and O–H groups in total. The van der Waals surface area contributed by atoms with Crippen molar-refractivity contribution in [2.45, 2.75) is 6.92 Å². The van der Waals surface area contributed by atoms with Gasteiger partial charge in [-0.3, -0.25) is 0 Å². The summed E-state index contributed by atoms with van der Waals surface area (Å²) >= 11 is 0. The first kappa shape index (κ1) is 9.41. The Labute approximate surface area is 82.3 Å². The summed E-state index contributed by atoms with van der Waals surface area (Å²) in [6.07, 6.45) is 1.73. The lowest BCUT2D eigenvalue weighted by Crippen LogP contribution is -2.05. The Morgan fingerprint density at radius 1 is 1.43 bits per heavy atom. The maximum atomic E-state index is 11.8. The van der Waals surface area contributed by atoms with Crippen molar-refractivity contribution in [3.8, 4) is 0 Å². The minimum atomic E-state index is -2.28. The molecule has 0 radical (unpaired) electrons. The van der Waals surface area contributed by atoms with E-state index in [1.165, 1.54) is 0 Å². The van der Waals surface area contributed by atoms with Crippen molar-refractivity contribution < 1.29 is 4.57 Å². The van der Waals surface area contributed by atoms with Crippen LogP contribution in [0.3, 0.4) is 0 Å². The third kappa shape index (κ3) is 1.46. The quantitative estimate of drug-likeness (QED) is 0.665. The van der Waals surface area contributed by atoms with E-state index in [-0.39, 0.29) is 0 Å². The van der Waals surface area contributed by atoms with E-state index in [1.807, 2.05) is 13.0 Å². The van der Waals surface area contributed by atoms with Crippen LogP contribution in [-0.2, 0) is 4.57 Å². The molecular weight excluding hydrogens is 197 g/mol. The Kier molecular flexibility index (Phi) is 1.96. The summed E-state index contributed by atoms with van der Waals surface area (Å²) < 4.78 is 13.5. The lowest BCUT2D eigenvalue weighted by molar-refractivity contribution is 0.587. The molecule has 0 atom stereocenters. The topological polar surface area (TPSA) is 47.3 Å². The fourth-order valence-electron chi connectivity index (χ4n) is 1.27. The van der Waals surface area contributed by atoms with Crippen LogP contribution in [0.5, 0.6) is 0 Å². The molecule has 0 fully saturated rings. The highest BCUT2D eigenvalue weighted by Gasteiger charge is 2.16. The van der Waals surface area contributed by atoms with Gasteiger partial charge in [0, 0.05) is 18.0 Å². The van der Waals surface area contributed by atoms with Crippen molar-refractivity contribution in [2.75, 3.05) is 13.3 Å². The monoisotopic (exact) mass is 209 g/mol. The van der Waals surface area contributed by atoms with Crippen molar-refractivity contribution in [3.05, 3.63) is 24.0 Å². The molecule has 0 amide bonds. The highest BCUT2D eigenvalue weighted by Crippen LogP contribution is 2.33. The van der Waals surface area contributed by atoms with E-state index in [9.17, 15) is 4.57 Å². The average Bonchev–Trinajstić information content (AvgIpc) is 2.48. The predicted octanol–water partition coefficient (Wildman–Crippen LogP) is 1.29. The van der Waals surface area contributed by atoms with Crippen molar-refractivity contribution in [1.29, 1.82) is 0 Å². The molecule has 0 aliphatic rings. The number of fused-ring (bicyclic) bond motifs is 1. The molecule has 0 unspecified atom stereocenters. The highest BCUT2D eigenvalue weighted by molar-refractivity contribution is 7.69. The molecule has 2 rings (SSSR count). The second kappa shape index (κ2) is 2.92. The van der Waals surface area contributed by atoms with E-state index >= 15 is 0 Å². The fourth-order valence-corrected chi connectivity index (χ4v) is 2.00. The molecule has 5 heteroatoms. The Morgan fingerprint density at radius 2 is 2.14 bits per heavy atom. The summed E-state index contributed by atoms with van der Waals surface area (Å²) in [6.45, 7) is 5.37. The molecule has 0 saturated carbocycles. The van der Waals surface area contributed by atoms with Gasteiger partial charge in [-0.2, -0.15) is 5.10 Å². The van der Waals surface area contributed by atoms with Crippen LogP contribution in [0.15, 0.2) is 18.3 Å². The summed E-state index contributed by atoms with van der Waals surface area (Å²) in [6, 6.07) is 3.66. The van der Waals surface area contributed by atoms with Crippen LogP contribution in [-0.4, -0.2) is 27.9 Å². The molecule has 2 heterocycles. The molecule has 2 aromatic rings. The highest BCUT2D eigenvalue weighted by atomic mass is 31.2. The Hall–Kier alpha value is -1.15. The predicted molar refractivity (Wildman–Crippen MR) is 56.8 cm³/mol. The summed E-state index contributed by atoms with van der Waals surface area (Å²) in [4.78, 5) is 4.16. The van der Waals surface area contributed by atoms with Crippen LogP contribution in [0.2, 0.25) is 0 Å². The minimum Gasteiger partial charge on any atom is -0.318 e. The van der Waals surface area contributed by atoms with Gasteiger partial charge in [-0.15, -0.1) is 0 Å². The van der Waals surface area contributed by atoms with Gasteiger partial charge in [0.05, 0.1) is 0 Å². The van der Waals surface area contributed by atoms with Crippen molar-refractivity contribution in [3.63, 3.8) is 0 Å². The summed E-state index contributed by atoms with van der Waals surface area (Å²) in [5.74, 6) is 0. The van der Waals surface area contributed by atoms with Gasteiger partial charge in [0.1, 0.15) is 12.6 Å². The van der Waals surface area contributed by atoms with Crippen LogP contribution >= 0.6 is 7.14 Å². The fraction of sp³-hybridized carbons (Fsp3) is 0.333. The Balaban J connectivity index is 2.75. The maximum absolute atomic E-state index is 11.8. The van der Waals surface area contributed by atoms with Gasteiger partial charge in [0.2, 0.25) is 0 Å². The number of hydrogen-bond acceptors (Lipinski definition) is 3. The molecule has 0 saturated heterocycles. The average molecular weight is 209 g/mol. The molecule has 74 valence electrons. The van der Waals surface area contributed by atoms with E-state index in [0.717, 1.165) is 11.3 Å².